The summed E-state index contributed by atoms with van der Waals surface area (Å²) in [7, 11) is 0. The third kappa shape index (κ3) is 1.68. The number of hydrogen-bond acceptors (Lipinski definition) is 2. The van der Waals surface area contributed by atoms with Gasteiger partial charge in [0.25, 0.3) is 5.92 Å². The second kappa shape index (κ2) is 3.85. The average Bonchev–Trinajstić information content (AvgIpc) is 2.83. The van der Waals surface area contributed by atoms with Gasteiger partial charge in [-0.15, -0.1) is 0 Å². The number of carbonyl (C=O) groups is 1. The number of ether oxygens (including phenoxy) is 1. The summed E-state index contributed by atoms with van der Waals surface area (Å²) >= 11 is 0. The van der Waals surface area contributed by atoms with Gasteiger partial charge in [-0.2, -0.15) is 0 Å². The van der Waals surface area contributed by atoms with Gasteiger partial charge in [0.15, 0.2) is 0 Å². The van der Waals surface area contributed by atoms with Crippen LogP contribution in [-0.4, -0.2) is 18.5 Å². The first-order valence-corrected chi connectivity index (χ1v) is 5.18. The van der Waals surface area contributed by atoms with Gasteiger partial charge < -0.3 is 4.74 Å². The van der Waals surface area contributed by atoms with Crippen molar-refractivity contribution >= 4 is 5.97 Å². The number of rotatable bonds is 3. The highest BCUT2D eigenvalue weighted by Crippen LogP contribution is 2.61. The van der Waals surface area contributed by atoms with Crippen LogP contribution in [-0.2, 0) is 9.53 Å². The van der Waals surface area contributed by atoms with E-state index in [4.69, 9.17) is 0 Å². The largest absolute Gasteiger partial charge is 0.466 e. The molecule has 2 atom stereocenters. The summed E-state index contributed by atoms with van der Waals surface area (Å²) in [5.74, 6) is -6.10. The Morgan fingerprint density at radius 3 is 2.56 bits per heavy atom. The zero-order valence-corrected chi connectivity index (χ0v) is 8.82. The molecule has 2 rings (SSSR count). The Morgan fingerprint density at radius 2 is 2.00 bits per heavy atom. The number of carbonyl (C=O) groups excluding carboxylic acids is 1. The monoisotopic (exact) mass is 226 g/mol. The molecule has 1 aromatic rings. The van der Waals surface area contributed by atoms with Crippen LogP contribution in [0.1, 0.15) is 18.4 Å². The van der Waals surface area contributed by atoms with Crippen molar-refractivity contribution in [2.75, 3.05) is 6.61 Å². The molecule has 16 heavy (non-hydrogen) atoms. The number of hydrogen-bond donors (Lipinski definition) is 0. The summed E-state index contributed by atoms with van der Waals surface area (Å²) in [4.78, 5) is 11.3. The van der Waals surface area contributed by atoms with Crippen molar-refractivity contribution in [1.82, 2.24) is 0 Å². The first kappa shape index (κ1) is 11.0. The molecule has 1 saturated carbocycles. The fourth-order valence-electron chi connectivity index (χ4n) is 1.93. The first-order valence-electron chi connectivity index (χ1n) is 5.18. The maximum atomic E-state index is 13.4. The zero-order chi connectivity index (χ0) is 11.8. The van der Waals surface area contributed by atoms with E-state index in [0.29, 0.717) is 5.56 Å². The van der Waals surface area contributed by atoms with Gasteiger partial charge in [-0.05, 0) is 12.5 Å². The molecule has 1 aliphatic carbocycles. The standard InChI is InChI=1S/C12H12F2O2/c1-2-16-11(15)10-9(12(10,13)14)8-6-4-3-5-7-8/h3-7,9-10H,2H2,1H3/t9-,10+/m1/s1. The van der Waals surface area contributed by atoms with Crippen LogP contribution in [0.3, 0.4) is 0 Å². The van der Waals surface area contributed by atoms with Crippen molar-refractivity contribution in [2.24, 2.45) is 5.92 Å². The van der Waals surface area contributed by atoms with Gasteiger partial charge in [-0.3, -0.25) is 4.79 Å². The van der Waals surface area contributed by atoms with Crippen LogP contribution in [0.15, 0.2) is 30.3 Å². The minimum Gasteiger partial charge on any atom is -0.466 e. The highest BCUT2D eigenvalue weighted by Gasteiger charge is 2.73. The van der Waals surface area contributed by atoms with Crippen molar-refractivity contribution in [3.8, 4) is 0 Å². The Kier molecular flexibility index (Phi) is 2.66. The lowest BCUT2D eigenvalue weighted by Crippen LogP contribution is -2.11. The van der Waals surface area contributed by atoms with Crippen LogP contribution in [0.2, 0.25) is 0 Å². The van der Waals surface area contributed by atoms with Crippen LogP contribution in [0.25, 0.3) is 0 Å². The number of benzene rings is 1. The van der Waals surface area contributed by atoms with Gasteiger partial charge in [-0.25, -0.2) is 8.78 Å². The molecular weight excluding hydrogens is 214 g/mol. The SMILES string of the molecule is CCOC(=O)[C@@H]1[C@@H](c2ccccc2)C1(F)F. The predicted molar refractivity (Wildman–Crippen MR) is 54.3 cm³/mol. The zero-order valence-electron chi connectivity index (χ0n) is 8.82. The van der Waals surface area contributed by atoms with Gasteiger partial charge in [0, 0.05) is 0 Å². The molecule has 1 fully saturated rings. The van der Waals surface area contributed by atoms with Gasteiger partial charge in [0.1, 0.15) is 5.92 Å². The number of halogens is 2. The summed E-state index contributed by atoms with van der Waals surface area (Å²) in [6.07, 6.45) is 0. The van der Waals surface area contributed by atoms with Crippen LogP contribution < -0.4 is 0 Å². The lowest BCUT2D eigenvalue weighted by Gasteiger charge is -1.98. The molecule has 1 aromatic carbocycles. The Bertz CT molecular complexity index is 389. The Hall–Kier alpha value is -1.45. The van der Waals surface area contributed by atoms with E-state index < -0.39 is 23.7 Å². The van der Waals surface area contributed by atoms with Crippen molar-refractivity contribution in [2.45, 2.75) is 18.8 Å². The highest BCUT2D eigenvalue weighted by atomic mass is 19.3. The maximum absolute atomic E-state index is 13.4. The number of esters is 1. The van der Waals surface area contributed by atoms with Crippen molar-refractivity contribution in [3.63, 3.8) is 0 Å². The summed E-state index contributed by atoms with van der Waals surface area (Å²) in [6.45, 7) is 1.74. The van der Waals surface area contributed by atoms with Gasteiger partial charge >= 0.3 is 5.97 Å². The molecule has 0 heterocycles. The Balaban J connectivity index is 2.17. The summed E-state index contributed by atoms with van der Waals surface area (Å²) in [6, 6.07) is 8.34. The maximum Gasteiger partial charge on any atom is 0.315 e. The third-order valence-corrected chi connectivity index (χ3v) is 2.75. The van der Waals surface area contributed by atoms with Crippen LogP contribution in [0, 0.1) is 5.92 Å². The van der Waals surface area contributed by atoms with E-state index in [0.717, 1.165) is 0 Å². The normalized spacial score (nSPS) is 26.2. The second-order valence-electron chi connectivity index (χ2n) is 3.79. The molecule has 0 spiro atoms. The Labute approximate surface area is 92.2 Å². The summed E-state index contributed by atoms with van der Waals surface area (Å²) in [5, 5.41) is 0. The molecule has 86 valence electrons. The lowest BCUT2D eigenvalue weighted by atomic mass is 10.1. The molecule has 0 radical (unpaired) electrons. The molecule has 4 heteroatoms. The quantitative estimate of drug-likeness (QED) is 0.740. The van der Waals surface area contributed by atoms with Gasteiger partial charge in [0.2, 0.25) is 0 Å². The summed E-state index contributed by atoms with van der Waals surface area (Å²) in [5.41, 5.74) is 0.491. The average molecular weight is 226 g/mol. The van der Waals surface area contributed by atoms with Gasteiger partial charge in [0.05, 0.1) is 12.5 Å². The molecule has 2 nitrogen and oxygen atoms in total. The third-order valence-electron chi connectivity index (χ3n) is 2.75. The topological polar surface area (TPSA) is 26.3 Å². The first-order chi connectivity index (χ1) is 7.59. The van der Waals surface area contributed by atoms with E-state index in [9.17, 15) is 13.6 Å². The fourth-order valence-corrected chi connectivity index (χ4v) is 1.93. The van der Waals surface area contributed by atoms with Crippen molar-refractivity contribution < 1.29 is 18.3 Å². The van der Waals surface area contributed by atoms with Crippen LogP contribution in [0.4, 0.5) is 8.78 Å². The van der Waals surface area contributed by atoms with E-state index >= 15 is 0 Å². The van der Waals surface area contributed by atoms with E-state index in [1.54, 1.807) is 37.3 Å². The minimum atomic E-state index is -2.96. The van der Waals surface area contributed by atoms with E-state index in [1.807, 2.05) is 0 Å². The smallest absolute Gasteiger partial charge is 0.315 e. The van der Waals surface area contributed by atoms with E-state index in [2.05, 4.69) is 4.74 Å². The van der Waals surface area contributed by atoms with E-state index in [-0.39, 0.29) is 6.61 Å². The fraction of sp³-hybridized carbons (Fsp3) is 0.417. The molecule has 0 saturated heterocycles. The van der Waals surface area contributed by atoms with Crippen molar-refractivity contribution in [1.29, 1.82) is 0 Å². The predicted octanol–water partition coefficient (Wildman–Crippen LogP) is 2.60. The van der Waals surface area contributed by atoms with Crippen molar-refractivity contribution in [3.05, 3.63) is 35.9 Å². The highest BCUT2D eigenvalue weighted by molar-refractivity contribution is 5.80. The molecule has 1 aliphatic rings. The number of alkyl halides is 2. The molecular formula is C12H12F2O2. The second-order valence-corrected chi connectivity index (χ2v) is 3.79. The minimum absolute atomic E-state index is 0.132. The molecule has 0 aliphatic heterocycles. The van der Waals surface area contributed by atoms with Crippen LogP contribution >= 0.6 is 0 Å². The van der Waals surface area contributed by atoms with E-state index in [1.165, 1.54) is 0 Å². The van der Waals surface area contributed by atoms with Crippen LogP contribution in [0.5, 0.6) is 0 Å². The molecule has 0 bridgehead atoms. The molecule has 0 N–H and O–H groups in total. The molecule has 0 unspecified atom stereocenters. The van der Waals surface area contributed by atoms with Gasteiger partial charge in [-0.1, -0.05) is 30.3 Å². The summed E-state index contributed by atoms with van der Waals surface area (Å²) < 4.78 is 31.5. The Morgan fingerprint density at radius 1 is 1.38 bits per heavy atom. The molecule has 0 amide bonds. The molecule has 0 aromatic heterocycles. The lowest BCUT2D eigenvalue weighted by molar-refractivity contribution is -0.147.